The van der Waals surface area contributed by atoms with Crippen LogP contribution in [0.4, 0.5) is 20.3 Å². The fourth-order valence-electron chi connectivity index (χ4n) is 3.84. The zero-order valence-corrected chi connectivity index (χ0v) is 20.8. The molecule has 11 heteroatoms. The predicted octanol–water partition coefficient (Wildman–Crippen LogP) is 5.79. The summed E-state index contributed by atoms with van der Waals surface area (Å²) in [4.78, 5) is 13.1. The Kier molecular flexibility index (Phi) is 7.78. The van der Waals surface area contributed by atoms with Crippen LogP contribution in [0.25, 0.3) is 22.4 Å². The molecule has 0 saturated carbocycles. The molecule has 0 bridgehead atoms. The molecule has 3 heterocycles. The van der Waals surface area contributed by atoms with E-state index in [1.165, 1.54) is 23.9 Å². The Labute approximate surface area is 217 Å². The number of hydrogen-bond donors (Lipinski definition) is 1. The molecule has 0 fully saturated rings. The van der Waals surface area contributed by atoms with Crippen molar-refractivity contribution in [3.8, 4) is 23.0 Å². The number of anilines is 2. The van der Waals surface area contributed by atoms with Gasteiger partial charge in [-0.05, 0) is 25.1 Å². The molecule has 0 atom stereocenters. The highest BCUT2D eigenvalue weighted by Gasteiger charge is 2.20. The minimum atomic E-state index is -0.705. The number of para-hydroxylation sites is 1. The molecule has 0 aliphatic rings. The maximum Gasteiger partial charge on any atom is 0.183 e. The van der Waals surface area contributed by atoms with E-state index in [-0.39, 0.29) is 30.3 Å². The van der Waals surface area contributed by atoms with E-state index in [1.807, 2.05) is 24.3 Å². The fourth-order valence-corrected chi connectivity index (χ4v) is 3.84. The lowest BCUT2D eigenvalue weighted by Gasteiger charge is -2.10. The Bertz CT molecular complexity index is 1510. The average Bonchev–Trinajstić information content (AvgIpc) is 3.25. The van der Waals surface area contributed by atoms with Crippen LogP contribution >= 0.6 is 12.4 Å². The molecule has 0 aliphatic carbocycles. The van der Waals surface area contributed by atoms with E-state index in [1.54, 1.807) is 37.6 Å². The summed E-state index contributed by atoms with van der Waals surface area (Å²) in [5.41, 5.74) is 1.81. The van der Waals surface area contributed by atoms with Gasteiger partial charge in [0.1, 0.15) is 23.1 Å². The quantitative estimate of drug-likeness (QED) is 0.275. The first-order valence-corrected chi connectivity index (χ1v) is 11.2. The molecule has 0 aliphatic heterocycles. The number of hydrogen-bond acceptors (Lipinski definition) is 7. The predicted molar refractivity (Wildman–Crippen MR) is 139 cm³/mol. The number of rotatable bonds is 8. The van der Waals surface area contributed by atoms with Crippen molar-refractivity contribution in [3.05, 3.63) is 84.3 Å². The smallest absolute Gasteiger partial charge is 0.183 e. The molecule has 0 unspecified atom stereocenters. The Morgan fingerprint density at radius 2 is 1.76 bits per heavy atom. The number of nitrogens with one attached hydrogen (secondary N) is 1. The van der Waals surface area contributed by atoms with E-state index in [2.05, 4.69) is 25.4 Å². The second-order valence-electron chi connectivity index (χ2n) is 7.79. The van der Waals surface area contributed by atoms with E-state index >= 15 is 0 Å². The van der Waals surface area contributed by atoms with E-state index in [9.17, 15) is 8.78 Å². The molecule has 190 valence electrons. The molecule has 37 heavy (non-hydrogen) atoms. The molecule has 0 saturated heterocycles. The number of methoxy groups -OCH3 is 1. The van der Waals surface area contributed by atoms with Crippen LogP contribution in [0, 0.1) is 11.6 Å². The summed E-state index contributed by atoms with van der Waals surface area (Å²) in [5.74, 6) is -0.0555. The minimum absolute atomic E-state index is 0. The standard InChI is InChI=1S/C26H22F2N6O2.ClH/c1-3-36-17-12-20(27)19(21(28)13-17)15-34-22-7-5-4-6-18(22)24(33-34)26-30-14-23(35-2)25(32-26)31-16-8-10-29-11-9-16;/h4-14H,3,15H2,1-2H3,(H,29,30,31,32);1H. The van der Waals surface area contributed by atoms with Crippen molar-refractivity contribution in [1.29, 1.82) is 0 Å². The van der Waals surface area contributed by atoms with Crippen molar-refractivity contribution in [2.45, 2.75) is 13.5 Å². The number of halogens is 3. The van der Waals surface area contributed by atoms with Crippen LogP contribution in [0.5, 0.6) is 11.5 Å². The minimum Gasteiger partial charge on any atom is -0.494 e. The number of pyridine rings is 1. The zero-order valence-electron chi connectivity index (χ0n) is 20.0. The average molecular weight is 525 g/mol. The molecule has 5 rings (SSSR count). The first kappa shape index (κ1) is 25.8. The topological polar surface area (TPSA) is 87.0 Å². The summed E-state index contributed by atoms with van der Waals surface area (Å²) < 4.78 is 41.7. The first-order valence-electron chi connectivity index (χ1n) is 11.2. The van der Waals surface area contributed by atoms with E-state index in [0.29, 0.717) is 35.2 Å². The van der Waals surface area contributed by atoms with Crippen LogP contribution in [0.1, 0.15) is 12.5 Å². The molecule has 8 nitrogen and oxygen atoms in total. The second kappa shape index (κ2) is 11.2. The van der Waals surface area contributed by atoms with E-state index in [4.69, 9.17) is 9.47 Å². The fraction of sp³-hybridized carbons (Fsp3) is 0.154. The lowest BCUT2D eigenvalue weighted by atomic mass is 10.1. The van der Waals surface area contributed by atoms with Gasteiger partial charge in [-0.1, -0.05) is 18.2 Å². The van der Waals surface area contributed by atoms with E-state index in [0.717, 1.165) is 11.1 Å². The molecule has 0 amide bonds. The van der Waals surface area contributed by atoms with Crippen LogP contribution in [-0.4, -0.2) is 38.4 Å². The normalized spacial score (nSPS) is 10.7. The van der Waals surface area contributed by atoms with Crippen LogP contribution in [0.15, 0.2) is 67.1 Å². The van der Waals surface area contributed by atoms with Crippen LogP contribution in [0.3, 0.4) is 0 Å². The Balaban J connectivity index is 0.00000320. The van der Waals surface area contributed by atoms with Gasteiger partial charge >= 0.3 is 0 Å². The lowest BCUT2D eigenvalue weighted by Crippen LogP contribution is -2.07. The van der Waals surface area contributed by atoms with Crippen LogP contribution in [-0.2, 0) is 6.54 Å². The Morgan fingerprint density at radius 3 is 2.46 bits per heavy atom. The maximum absolute atomic E-state index is 14.8. The molecule has 2 aromatic carbocycles. The summed E-state index contributed by atoms with van der Waals surface area (Å²) in [7, 11) is 1.53. The Hall–Kier alpha value is -4.31. The second-order valence-corrected chi connectivity index (χ2v) is 7.79. The number of aromatic nitrogens is 5. The molecule has 3 aromatic heterocycles. The molecule has 0 spiro atoms. The van der Waals surface area contributed by atoms with Gasteiger partial charge in [-0.3, -0.25) is 9.67 Å². The monoisotopic (exact) mass is 524 g/mol. The highest BCUT2D eigenvalue weighted by Crippen LogP contribution is 2.31. The summed E-state index contributed by atoms with van der Waals surface area (Å²) >= 11 is 0. The number of nitrogens with zero attached hydrogens (tertiary/aromatic N) is 5. The summed E-state index contributed by atoms with van der Waals surface area (Å²) in [6, 6.07) is 13.3. The summed E-state index contributed by atoms with van der Waals surface area (Å²) in [6.07, 6.45) is 4.86. The number of benzene rings is 2. The molecular weight excluding hydrogens is 502 g/mol. The SMILES string of the molecule is CCOc1cc(F)c(Cn2nc(-c3ncc(OC)c(Nc4ccncc4)n3)c3ccccc32)c(F)c1.Cl. The van der Waals surface area contributed by atoms with Gasteiger partial charge in [-0.2, -0.15) is 5.10 Å². The first-order chi connectivity index (χ1) is 17.6. The largest absolute Gasteiger partial charge is 0.494 e. The molecule has 1 N–H and O–H groups in total. The zero-order chi connectivity index (χ0) is 25.1. The van der Waals surface area contributed by atoms with Crippen molar-refractivity contribution in [2.24, 2.45) is 0 Å². The summed E-state index contributed by atoms with van der Waals surface area (Å²) in [5, 5.41) is 8.59. The van der Waals surface area contributed by atoms with Crippen LogP contribution < -0.4 is 14.8 Å². The third-order valence-corrected chi connectivity index (χ3v) is 5.52. The van der Waals surface area contributed by atoms with Crippen molar-refractivity contribution in [1.82, 2.24) is 24.7 Å². The maximum atomic E-state index is 14.8. The van der Waals surface area contributed by atoms with Gasteiger partial charge in [0.25, 0.3) is 0 Å². The number of ether oxygens (including phenoxy) is 2. The van der Waals surface area contributed by atoms with Gasteiger partial charge in [0.05, 0.1) is 32.0 Å². The lowest BCUT2D eigenvalue weighted by molar-refractivity contribution is 0.335. The van der Waals surface area contributed by atoms with Gasteiger partial charge in [0, 0.05) is 41.2 Å². The van der Waals surface area contributed by atoms with Crippen molar-refractivity contribution >= 4 is 34.8 Å². The van der Waals surface area contributed by atoms with Gasteiger partial charge < -0.3 is 14.8 Å². The third-order valence-electron chi connectivity index (χ3n) is 5.52. The highest BCUT2D eigenvalue weighted by atomic mass is 35.5. The van der Waals surface area contributed by atoms with Gasteiger partial charge in [-0.15, -0.1) is 12.4 Å². The van der Waals surface area contributed by atoms with Crippen molar-refractivity contribution in [3.63, 3.8) is 0 Å². The number of fused-ring (bicyclic) bond motifs is 1. The van der Waals surface area contributed by atoms with Crippen molar-refractivity contribution in [2.75, 3.05) is 19.0 Å². The third kappa shape index (κ3) is 5.29. The molecule has 5 aromatic rings. The van der Waals surface area contributed by atoms with Gasteiger partial charge in [0.15, 0.2) is 17.4 Å². The Morgan fingerprint density at radius 1 is 1.03 bits per heavy atom. The van der Waals surface area contributed by atoms with Gasteiger partial charge in [0.2, 0.25) is 0 Å². The van der Waals surface area contributed by atoms with Crippen LogP contribution in [0.2, 0.25) is 0 Å². The van der Waals surface area contributed by atoms with E-state index < -0.39 is 11.6 Å². The molecule has 0 radical (unpaired) electrons. The molecular formula is C26H23ClF2N6O2. The highest BCUT2D eigenvalue weighted by molar-refractivity contribution is 5.92. The summed E-state index contributed by atoms with van der Waals surface area (Å²) in [6.45, 7) is 1.94. The van der Waals surface area contributed by atoms with Crippen molar-refractivity contribution < 1.29 is 18.3 Å². The van der Waals surface area contributed by atoms with Gasteiger partial charge in [-0.25, -0.2) is 18.7 Å².